The van der Waals surface area contributed by atoms with Gasteiger partial charge in [-0.15, -0.1) is 13.2 Å². The number of carbonyl (C=O) groups is 1. The van der Waals surface area contributed by atoms with Crippen molar-refractivity contribution in [1.82, 2.24) is 0 Å². The molecule has 1 atom stereocenters. The maximum Gasteiger partial charge on any atom is 0.573 e. The highest BCUT2D eigenvalue weighted by Crippen LogP contribution is 2.38. The Bertz CT molecular complexity index is 1150. The maximum atomic E-state index is 13.3. The molecule has 3 aromatic rings. The lowest BCUT2D eigenvalue weighted by molar-refractivity contribution is -0.274. The quantitative estimate of drug-likeness (QED) is 0.470. The summed E-state index contributed by atoms with van der Waals surface area (Å²) < 4.78 is 42.2. The Morgan fingerprint density at radius 2 is 1.56 bits per heavy atom. The molecule has 1 fully saturated rings. The number of aryl methyl sites for hydroxylation is 2. The van der Waals surface area contributed by atoms with Crippen molar-refractivity contribution in [2.45, 2.75) is 32.7 Å². The van der Waals surface area contributed by atoms with Crippen molar-refractivity contribution in [2.75, 3.05) is 4.90 Å². The van der Waals surface area contributed by atoms with E-state index in [1.165, 1.54) is 18.2 Å². The Morgan fingerprint density at radius 1 is 0.938 bits per heavy atom. The second kappa shape index (κ2) is 8.49. The van der Waals surface area contributed by atoms with Crippen LogP contribution in [0.2, 0.25) is 0 Å². The Morgan fingerprint density at radius 3 is 2.19 bits per heavy atom. The van der Waals surface area contributed by atoms with Gasteiger partial charge in [0, 0.05) is 12.1 Å². The molecule has 0 saturated carbocycles. The van der Waals surface area contributed by atoms with E-state index in [1.54, 1.807) is 11.0 Å². The molecule has 1 unspecified atom stereocenters. The lowest BCUT2D eigenvalue weighted by atomic mass is 10.0. The molecular weight excluding hydrogens is 417 g/mol. The normalized spacial score (nSPS) is 17.8. The number of halogens is 3. The number of aliphatic imine (C=N–C) groups is 1. The van der Waals surface area contributed by atoms with Gasteiger partial charge < -0.3 is 4.74 Å². The first kappa shape index (κ1) is 21.6. The highest BCUT2D eigenvalue weighted by Gasteiger charge is 2.39. The fourth-order valence-electron chi connectivity index (χ4n) is 3.70. The number of nitrogens with zero attached hydrogens (tertiary/aromatic N) is 2. The van der Waals surface area contributed by atoms with Crippen molar-refractivity contribution in [3.8, 4) is 5.75 Å². The average molecular weight is 438 g/mol. The van der Waals surface area contributed by atoms with Gasteiger partial charge in [0.15, 0.2) is 0 Å². The first-order chi connectivity index (χ1) is 15.2. The first-order valence-electron chi connectivity index (χ1n) is 10.1. The van der Waals surface area contributed by atoms with Crippen LogP contribution in [0.1, 0.15) is 29.2 Å². The number of ether oxygens (including phenoxy) is 1. The van der Waals surface area contributed by atoms with Crippen molar-refractivity contribution in [2.24, 2.45) is 4.99 Å². The van der Waals surface area contributed by atoms with Gasteiger partial charge in [0.05, 0.1) is 11.7 Å². The second-order valence-corrected chi connectivity index (χ2v) is 7.74. The summed E-state index contributed by atoms with van der Waals surface area (Å²) in [5, 5.41) is 0. The van der Waals surface area contributed by atoms with E-state index >= 15 is 0 Å². The molecule has 3 aromatic carbocycles. The summed E-state index contributed by atoms with van der Waals surface area (Å²) in [4.78, 5) is 19.5. The van der Waals surface area contributed by atoms with Crippen LogP contribution in [0.3, 0.4) is 0 Å². The predicted molar refractivity (Wildman–Crippen MR) is 117 cm³/mol. The topological polar surface area (TPSA) is 41.9 Å². The van der Waals surface area contributed by atoms with Crippen molar-refractivity contribution >= 4 is 23.0 Å². The van der Waals surface area contributed by atoms with Crippen molar-refractivity contribution in [1.29, 1.82) is 0 Å². The van der Waals surface area contributed by atoms with E-state index in [4.69, 9.17) is 0 Å². The van der Waals surface area contributed by atoms with Gasteiger partial charge in [0.2, 0.25) is 0 Å². The number of benzene rings is 3. The summed E-state index contributed by atoms with van der Waals surface area (Å²) in [5.41, 5.74) is 4.30. The van der Waals surface area contributed by atoms with Crippen molar-refractivity contribution < 1.29 is 22.7 Å². The average Bonchev–Trinajstić information content (AvgIpc) is 3.05. The van der Waals surface area contributed by atoms with Crippen molar-refractivity contribution in [3.63, 3.8) is 0 Å². The summed E-state index contributed by atoms with van der Waals surface area (Å²) >= 11 is 0. The first-order valence-corrected chi connectivity index (χ1v) is 10.1. The van der Waals surface area contributed by atoms with Crippen LogP contribution in [-0.4, -0.2) is 18.0 Å². The summed E-state index contributed by atoms with van der Waals surface area (Å²) in [6.07, 6.45) is -4.53. The minimum absolute atomic E-state index is 0.260. The number of amides is 1. The van der Waals surface area contributed by atoms with E-state index in [2.05, 4.69) is 9.73 Å². The summed E-state index contributed by atoms with van der Waals surface area (Å²) in [5.74, 6) is -0.600. The van der Waals surface area contributed by atoms with E-state index in [0.717, 1.165) is 11.1 Å². The van der Waals surface area contributed by atoms with Crippen LogP contribution < -0.4 is 9.64 Å². The molecule has 7 heteroatoms. The molecule has 1 amide bonds. The largest absolute Gasteiger partial charge is 0.573 e. The maximum absolute atomic E-state index is 13.3. The third-order valence-electron chi connectivity index (χ3n) is 5.25. The number of alkyl halides is 3. The van der Waals surface area contributed by atoms with Crippen LogP contribution in [0.5, 0.6) is 5.75 Å². The monoisotopic (exact) mass is 438 g/mol. The zero-order valence-corrected chi connectivity index (χ0v) is 17.6. The molecule has 0 N–H and O–H groups in total. The molecule has 4 rings (SSSR count). The highest BCUT2D eigenvalue weighted by molar-refractivity contribution is 6.46. The molecule has 4 nitrogen and oxygen atoms in total. The molecule has 1 heterocycles. The van der Waals surface area contributed by atoms with Crippen LogP contribution in [0.25, 0.3) is 0 Å². The smallest absolute Gasteiger partial charge is 0.406 e. The molecule has 0 bridgehead atoms. The van der Waals surface area contributed by atoms with Crippen molar-refractivity contribution in [3.05, 3.63) is 89.5 Å². The number of carbonyl (C=O) groups excluding carboxylic acids is 1. The summed E-state index contributed by atoms with van der Waals surface area (Å²) in [6.45, 7) is 3.90. The van der Waals surface area contributed by atoms with E-state index < -0.39 is 12.4 Å². The van der Waals surface area contributed by atoms with Crippen LogP contribution in [0, 0.1) is 13.8 Å². The predicted octanol–water partition coefficient (Wildman–Crippen LogP) is 6.45. The molecule has 1 saturated heterocycles. The Kier molecular flexibility index (Phi) is 5.74. The zero-order chi connectivity index (χ0) is 22.9. The van der Waals surface area contributed by atoms with Gasteiger partial charge >= 0.3 is 6.36 Å². The minimum atomic E-state index is -4.79. The molecule has 32 heavy (non-hydrogen) atoms. The number of anilines is 1. The lowest BCUT2D eigenvalue weighted by Gasteiger charge is -2.25. The van der Waals surface area contributed by atoms with Gasteiger partial charge in [-0.05, 0) is 55.8 Å². The molecular formula is C25H21F3N2O2. The van der Waals surface area contributed by atoms with Gasteiger partial charge in [-0.25, -0.2) is 4.99 Å². The molecule has 1 aliphatic rings. The Hall–Kier alpha value is -3.61. The fourth-order valence-corrected chi connectivity index (χ4v) is 3.70. The van der Waals surface area contributed by atoms with Gasteiger partial charge in [0.1, 0.15) is 11.5 Å². The van der Waals surface area contributed by atoms with Crippen LogP contribution in [-0.2, 0) is 4.79 Å². The van der Waals surface area contributed by atoms with Gasteiger partial charge in [0.25, 0.3) is 5.91 Å². The van der Waals surface area contributed by atoms with Crippen LogP contribution >= 0.6 is 0 Å². The van der Waals surface area contributed by atoms with E-state index in [9.17, 15) is 18.0 Å². The van der Waals surface area contributed by atoms with Gasteiger partial charge in [-0.2, -0.15) is 0 Å². The molecule has 164 valence electrons. The zero-order valence-electron chi connectivity index (χ0n) is 17.6. The Labute approximate surface area is 184 Å². The van der Waals surface area contributed by atoms with Crippen LogP contribution in [0.15, 0.2) is 77.8 Å². The molecule has 0 aromatic heterocycles. The Balaban J connectivity index is 1.74. The third-order valence-corrected chi connectivity index (χ3v) is 5.25. The molecule has 0 aliphatic carbocycles. The number of rotatable bonds is 4. The molecule has 0 spiro atoms. The number of hydrogen-bond acceptors (Lipinski definition) is 3. The SMILES string of the molecule is Cc1ccc(N=C2CC(c3cccc(OC(F)(F)F)c3)N(c3ccc(C)cc3)C2=O)cc1. The van der Waals surface area contributed by atoms with Crippen LogP contribution in [0.4, 0.5) is 24.5 Å². The molecule has 0 radical (unpaired) electrons. The lowest BCUT2D eigenvalue weighted by Crippen LogP contribution is -2.29. The van der Waals surface area contributed by atoms with E-state index in [-0.39, 0.29) is 18.1 Å². The highest BCUT2D eigenvalue weighted by atomic mass is 19.4. The van der Waals surface area contributed by atoms with E-state index in [0.29, 0.717) is 22.6 Å². The van der Waals surface area contributed by atoms with Gasteiger partial charge in [-0.1, -0.05) is 47.5 Å². The molecule has 1 aliphatic heterocycles. The minimum Gasteiger partial charge on any atom is -0.406 e. The summed E-state index contributed by atoms with van der Waals surface area (Å²) in [6, 6.07) is 20.1. The second-order valence-electron chi connectivity index (χ2n) is 7.74. The van der Waals surface area contributed by atoms with Gasteiger partial charge in [-0.3, -0.25) is 9.69 Å². The van der Waals surface area contributed by atoms with E-state index in [1.807, 2.05) is 62.4 Å². The number of hydrogen-bond donors (Lipinski definition) is 0. The third kappa shape index (κ3) is 4.82. The summed E-state index contributed by atoms with van der Waals surface area (Å²) in [7, 11) is 0. The standard InChI is InChI=1S/C25H21F3N2O2/c1-16-6-10-19(11-7-16)29-22-15-23(18-4-3-5-21(14-18)32-25(26,27)28)30(24(22)31)20-12-8-17(2)9-13-20/h3-14,23H,15H2,1-2H3. The fraction of sp³-hybridized carbons (Fsp3) is 0.200.